The van der Waals surface area contributed by atoms with Gasteiger partial charge in [0, 0.05) is 33.6 Å². The van der Waals surface area contributed by atoms with Crippen LogP contribution < -0.4 is 5.32 Å². The van der Waals surface area contributed by atoms with Crippen molar-refractivity contribution in [3.05, 3.63) is 0 Å². The second kappa shape index (κ2) is 5.11. The molecule has 86 valence electrons. The molecule has 0 aromatic rings. The lowest BCUT2D eigenvalue weighted by Gasteiger charge is -2.17. The average molecular weight is 213 g/mol. The number of rotatable bonds is 4. The van der Waals surface area contributed by atoms with E-state index in [1.54, 1.807) is 30.9 Å². The monoisotopic (exact) mass is 213 g/mol. The largest absolute Gasteiger partial charge is 0.349 e. The van der Waals surface area contributed by atoms with Gasteiger partial charge in [-0.3, -0.25) is 9.59 Å². The minimum absolute atomic E-state index is 0.0561. The Morgan fingerprint density at radius 1 is 1.60 bits per heavy atom. The molecule has 1 unspecified atom stereocenters. The van der Waals surface area contributed by atoms with E-state index in [-0.39, 0.29) is 17.9 Å². The summed E-state index contributed by atoms with van der Waals surface area (Å²) < 4.78 is 0. The highest BCUT2D eigenvalue weighted by Crippen LogP contribution is 2.11. The number of hydrogen-bond acceptors (Lipinski definition) is 3. The second-order valence-electron chi connectivity index (χ2n) is 3.99. The van der Waals surface area contributed by atoms with Crippen LogP contribution in [-0.4, -0.2) is 61.9 Å². The SMILES string of the molecule is CNC1CCN(CCC(=O)N(C)C)C1=O. The van der Waals surface area contributed by atoms with Gasteiger partial charge in [0.1, 0.15) is 0 Å². The quantitative estimate of drug-likeness (QED) is 0.671. The van der Waals surface area contributed by atoms with Crippen molar-refractivity contribution < 1.29 is 9.59 Å². The summed E-state index contributed by atoms with van der Waals surface area (Å²) in [6, 6.07) is -0.0561. The standard InChI is InChI=1S/C10H19N3O2/c1-11-8-4-6-13(10(8)15)7-5-9(14)12(2)3/h8,11H,4-7H2,1-3H3. The molecule has 1 aliphatic rings. The third-order valence-corrected chi connectivity index (χ3v) is 2.74. The van der Waals surface area contributed by atoms with Crippen LogP contribution >= 0.6 is 0 Å². The zero-order valence-electron chi connectivity index (χ0n) is 9.62. The fraction of sp³-hybridized carbons (Fsp3) is 0.800. The Morgan fingerprint density at radius 2 is 2.27 bits per heavy atom. The molecule has 1 heterocycles. The maximum Gasteiger partial charge on any atom is 0.239 e. The van der Waals surface area contributed by atoms with E-state index in [1.807, 2.05) is 0 Å². The van der Waals surface area contributed by atoms with Crippen LogP contribution in [0.4, 0.5) is 0 Å². The second-order valence-corrected chi connectivity index (χ2v) is 3.99. The highest BCUT2D eigenvalue weighted by atomic mass is 16.2. The summed E-state index contributed by atoms with van der Waals surface area (Å²) in [6.07, 6.45) is 1.25. The van der Waals surface area contributed by atoms with Gasteiger partial charge in [-0.2, -0.15) is 0 Å². The number of likely N-dealkylation sites (tertiary alicyclic amines) is 1. The van der Waals surface area contributed by atoms with Crippen LogP contribution in [0.5, 0.6) is 0 Å². The summed E-state index contributed by atoms with van der Waals surface area (Å²) in [7, 11) is 5.24. The van der Waals surface area contributed by atoms with Crippen LogP contribution in [0.15, 0.2) is 0 Å². The van der Waals surface area contributed by atoms with Gasteiger partial charge in [0.15, 0.2) is 0 Å². The predicted molar refractivity (Wildman–Crippen MR) is 57.4 cm³/mol. The molecule has 0 spiro atoms. The van der Waals surface area contributed by atoms with E-state index in [0.717, 1.165) is 13.0 Å². The molecule has 1 fully saturated rings. The van der Waals surface area contributed by atoms with E-state index in [2.05, 4.69) is 5.32 Å². The molecule has 1 N–H and O–H groups in total. The number of carbonyl (C=O) groups is 2. The van der Waals surface area contributed by atoms with Crippen molar-refractivity contribution in [1.29, 1.82) is 0 Å². The number of hydrogen-bond donors (Lipinski definition) is 1. The van der Waals surface area contributed by atoms with Gasteiger partial charge in [-0.15, -0.1) is 0 Å². The van der Waals surface area contributed by atoms with Gasteiger partial charge in [0.25, 0.3) is 0 Å². The molecule has 2 amide bonds. The Labute approximate surface area is 90.4 Å². The third-order valence-electron chi connectivity index (χ3n) is 2.74. The Bertz CT molecular complexity index is 253. The number of nitrogens with one attached hydrogen (secondary N) is 1. The minimum Gasteiger partial charge on any atom is -0.349 e. The lowest BCUT2D eigenvalue weighted by molar-refractivity contribution is -0.131. The Hall–Kier alpha value is -1.10. The normalized spacial score (nSPS) is 20.9. The molecule has 1 saturated heterocycles. The van der Waals surface area contributed by atoms with Gasteiger partial charge in [-0.05, 0) is 13.5 Å². The zero-order valence-corrected chi connectivity index (χ0v) is 9.62. The zero-order chi connectivity index (χ0) is 11.4. The van der Waals surface area contributed by atoms with Gasteiger partial charge in [0.2, 0.25) is 11.8 Å². The van der Waals surface area contributed by atoms with Gasteiger partial charge < -0.3 is 15.1 Å². The van der Waals surface area contributed by atoms with Crippen LogP contribution in [-0.2, 0) is 9.59 Å². The van der Waals surface area contributed by atoms with Gasteiger partial charge in [0.05, 0.1) is 6.04 Å². The average Bonchev–Trinajstić information content (AvgIpc) is 2.55. The summed E-state index contributed by atoms with van der Waals surface area (Å²) in [5, 5.41) is 2.97. The van der Waals surface area contributed by atoms with Gasteiger partial charge in [-0.1, -0.05) is 0 Å². The molecular weight excluding hydrogens is 194 g/mol. The molecule has 0 aliphatic carbocycles. The molecule has 0 bridgehead atoms. The summed E-state index contributed by atoms with van der Waals surface area (Å²) in [5.74, 6) is 0.180. The number of likely N-dealkylation sites (N-methyl/N-ethyl adjacent to an activating group) is 1. The smallest absolute Gasteiger partial charge is 0.239 e. The topological polar surface area (TPSA) is 52.7 Å². The fourth-order valence-corrected chi connectivity index (χ4v) is 1.68. The number of amides is 2. The van der Waals surface area contributed by atoms with Crippen LogP contribution in [0.3, 0.4) is 0 Å². The molecule has 1 rings (SSSR count). The van der Waals surface area contributed by atoms with E-state index >= 15 is 0 Å². The Morgan fingerprint density at radius 3 is 2.73 bits per heavy atom. The molecule has 1 atom stereocenters. The van der Waals surface area contributed by atoms with E-state index in [0.29, 0.717) is 13.0 Å². The summed E-state index contributed by atoms with van der Waals surface area (Å²) in [6.45, 7) is 1.29. The molecule has 0 aromatic carbocycles. The van der Waals surface area contributed by atoms with Crippen molar-refractivity contribution in [2.75, 3.05) is 34.2 Å². The maximum absolute atomic E-state index is 11.7. The molecule has 1 aliphatic heterocycles. The van der Waals surface area contributed by atoms with Crippen LogP contribution in [0, 0.1) is 0 Å². The lowest BCUT2D eigenvalue weighted by atomic mass is 10.2. The lowest BCUT2D eigenvalue weighted by Crippen LogP contribution is -2.37. The minimum atomic E-state index is -0.0561. The number of nitrogens with zero attached hydrogens (tertiary/aromatic N) is 2. The summed E-state index contributed by atoms with van der Waals surface area (Å²) in [4.78, 5) is 26.3. The van der Waals surface area contributed by atoms with Crippen LogP contribution in [0.25, 0.3) is 0 Å². The first kappa shape index (κ1) is 12.0. The number of carbonyl (C=O) groups excluding carboxylic acids is 2. The fourth-order valence-electron chi connectivity index (χ4n) is 1.68. The molecule has 15 heavy (non-hydrogen) atoms. The highest BCUT2D eigenvalue weighted by molar-refractivity contribution is 5.84. The molecular formula is C10H19N3O2. The Kier molecular flexibility index (Phi) is 4.08. The summed E-state index contributed by atoms with van der Waals surface area (Å²) >= 11 is 0. The van der Waals surface area contributed by atoms with E-state index < -0.39 is 0 Å². The molecule has 5 heteroatoms. The van der Waals surface area contributed by atoms with E-state index in [9.17, 15) is 9.59 Å². The molecule has 0 radical (unpaired) electrons. The first-order valence-electron chi connectivity index (χ1n) is 5.22. The van der Waals surface area contributed by atoms with Crippen LogP contribution in [0.2, 0.25) is 0 Å². The maximum atomic E-state index is 11.7. The van der Waals surface area contributed by atoms with Crippen molar-refractivity contribution in [1.82, 2.24) is 15.1 Å². The van der Waals surface area contributed by atoms with Gasteiger partial charge >= 0.3 is 0 Å². The summed E-state index contributed by atoms with van der Waals surface area (Å²) in [5.41, 5.74) is 0. The van der Waals surface area contributed by atoms with Crippen molar-refractivity contribution in [2.45, 2.75) is 18.9 Å². The van der Waals surface area contributed by atoms with E-state index in [1.165, 1.54) is 0 Å². The van der Waals surface area contributed by atoms with Gasteiger partial charge in [-0.25, -0.2) is 0 Å². The van der Waals surface area contributed by atoms with Crippen molar-refractivity contribution in [3.8, 4) is 0 Å². The first-order chi connectivity index (χ1) is 7.06. The highest BCUT2D eigenvalue weighted by Gasteiger charge is 2.30. The first-order valence-corrected chi connectivity index (χ1v) is 5.22. The predicted octanol–water partition coefficient (Wildman–Crippen LogP) is -0.715. The molecule has 0 aromatic heterocycles. The molecule has 5 nitrogen and oxygen atoms in total. The van der Waals surface area contributed by atoms with Crippen molar-refractivity contribution >= 4 is 11.8 Å². The van der Waals surface area contributed by atoms with Crippen LogP contribution in [0.1, 0.15) is 12.8 Å². The van der Waals surface area contributed by atoms with Crippen molar-refractivity contribution in [3.63, 3.8) is 0 Å². The van der Waals surface area contributed by atoms with Crippen molar-refractivity contribution in [2.24, 2.45) is 0 Å². The molecule has 0 saturated carbocycles. The van der Waals surface area contributed by atoms with E-state index in [4.69, 9.17) is 0 Å². The third kappa shape index (κ3) is 2.92. The Balaban J connectivity index is 2.35.